The van der Waals surface area contributed by atoms with Crippen molar-refractivity contribution in [2.45, 2.75) is 78.1 Å². The quantitative estimate of drug-likeness (QED) is 0.164. The summed E-state index contributed by atoms with van der Waals surface area (Å²) >= 11 is 0. The molecule has 0 unspecified atom stereocenters. The van der Waals surface area contributed by atoms with Crippen LogP contribution in [-0.2, 0) is 10.8 Å². The molecule has 4 heteroatoms. The lowest BCUT2D eigenvalue weighted by molar-refractivity contribution is 0.476. The Morgan fingerprint density at radius 3 is 1.16 bits per heavy atom. The maximum Gasteiger partial charge on any atom is 0.152 e. The van der Waals surface area contributed by atoms with Gasteiger partial charge in [-0.1, -0.05) is 152 Å². The predicted molar refractivity (Wildman–Crippen MR) is 283 cm³/mol. The average molecular weight is 881 g/mol. The van der Waals surface area contributed by atoms with Gasteiger partial charge in [0.15, 0.2) is 23.0 Å². The Labute approximate surface area is 398 Å². The van der Waals surface area contributed by atoms with Crippen LogP contribution < -0.4 is 19.3 Å². The Morgan fingerprint density at radius 2 is 0.735 bits per heavy atom. The zero-order chi connectivity index (χ0) is 46.1. The zero-order valence-electron chi connectivity index (χ0n) is 39.9. The van der Waals surface area contributed by atoms with Crippen LogP contribution in [0.15, 0.2) is 158 Å². The van der Waals surface area contributed by atoms with Crippen molar-refractivity contribution in [3.63, 3.8) is 0 Å². The molecule has 68 heavy (non-hydrogen) atoms. The highest BCUT2D eigenvalue weighted by Crippen LogP contribution is 2.61. The molecule has 0 atom stereocenters. The molecule has 0 amide bonds. The molecular weight excluding hydrogens is 829 g/mol. The molecule has 2 heterocycles. The fraction of sp³-hybridized carbons (Fsp3) is 0.188. The first-order valence-corrected chi connectivity index (χ1v) is 24.4. The molecule has 0 bridgehead atoms. The summed E-state index contributed by atoms with van der Waals surface area (Å²) in [6, 6.07) is 58.8. The summed E-state index contributed by atoms with van der Waals surface area (Å²) < 4.78 is 13.8. The van der Waals surface area contributed by atoms with Crippen molar-refractivity contribution in [1.82, 2.24) is 0 Å². The number of hydrogen-bond donors (Lipinski definition) is 0. The summed E-state index contributed by atoms with van der Waals surface area (Å²) in [7, 11) is 0. The number of benzene rings is 10. The van der Waals surface area contributed by atoms with E-state index in [0.29, 0.717) is 0 Å². The lowest BCUT2D eigenvalue weighted by Gasteiger charge is -2.37. The molecular formula is C64H52N2O2. The SMILES string of the molecule is CC(C)c1cc2ccc(N3c4ccccc4Oc4cc5c(cc43)C(C)(C)c3ccccc3-5)c3c(C(C)C)cc4ccc(N5c6ccccc6Oc6cc7c(cc65)C(C)(C)c5ccccc5-7)c1c4c23. The van der Waals surface area contributed by atoms with Gasteiger partial charge in [-0.25, -0.2) is 0 Å². The molecule has 4 aliphatic rings. The van der Waals surface area contributed by atoms with Crippen molar-refractivity contribution >= 4 is 66.4 Å². The highest BCUT2D eigenvalue weighted by molar-refractivity contribution is 6.30. The molecule has 0 aromatic heterocycles. The van der Waals surface area contributed by atoms with E-state index in [1.807, 2.05) is 0 Å². The topological polar surface area (TPSA) is 24.9 Å². The Hall–Kier alpha value is -7.56. The molecule has 0 saturated heterocycles. The molecule has 330 valence electrons. The average Bonchev–Trinajstić information content (AvgIpc) is 3.70. The Bertz CT molecular complexity index is 3580. The minimum absolute atomic E-state index is 0.171. The summed E-state index contributed by atoms with van der Waals surface area (Å²) in [5.74, 6) is 3.97. The minimum Gasteiger partial charge on any atom is -0.453 e. The fourth-order valence-electron chi connectivity index (χ4n) is 12.8. The van der Waals surface area contributed by atoms with E-state index in [2.05, 4.69) is 223 Å². The Balaban J connectivity index is 1.06. The molecule has 10 aromatic rings. The van der Waals surface area contributed by atoms with Gasteiger partial charge >= 0.3 is 0 Å². The van der Waals surface area contributed by atoms with E-state index >= 15 is 0 Å². The smallest absolute Gasteiger partial charge is 0.152 e. The van der Waals surface area contributed by atoms with E-state index in [1.165, 1.54) is 88.0 Å². The molecule has 10 aromatic carbocycles. The summed E-state index contributed by atoms with van der Waals surface area (Å²) in [6.07, 6.45) is 0. The lowest BCUT2D eigenvalue weighted by Crippen LogP contribution is -2.20. The fourth-order valence-corrected chi connectivity index (χ4v) is 12.8. The van der Waals surface area contributed by atoms with Crippen molar-refractivity contribution in [2.24, 2.45) is 0 Å². The van der Waals surface area contributed by atoms with Crippen LogP contribution in [-0.4, -0.2) is 0 Å². The summed E-state index contributed by atoms with van der Waals surface area (Å²) in [5.41, 5.74) is 19.3. The minimum atomic E-state index is -0.171. The van der Waals surface area contributed by atoms with Gasteiger partial charge in [0.2, 0.25) is 0 Å². The Morgan fingerprint density at radius 1 is 0.338 bits per heavy atom. The van der Waals surface area contributed by atoms with E-state index in [9.17, 15) is 0 Å². The maximum absolute atomic E-state index is 6.92. The predicted octanol–water partition coefficient (Wildman–Crippen LogP) is 18.6. The van der Waals surface area contributed by atoms with E-state index < -0.39 is 0 Å². The number of fused-ring (bicyclic) bond motifs is 10. The first-order valence-electron chi connectivity index (χ1n) is 24.4. The zero-order valence-corrected chi connectivity index (χ0v) is 39.9. The van der Waals surface area contributed by atoms with Gasteiger partial charge in [0.05, 0.1) is 34.1 Å². The molecule has 2 aliphatic carbocycles. The highest BCUT2D eigenvalue weighted by atomic mass is 16.5. The summed E-state index contributed by atoms with van der Waals surface area (Å²) in [6.45, 7) is 18.8. The third-order valence-electron chi connectivity index (χ3n) is 16.1. The number of anilines is 6. The maximum atomic E-state index is 6.92. The second-order valence-electron chi connectivity index (χ2n) is 21.2. The van der Waals surface area contributed by atoms with E-state index in [4.69, 9.17) is 9.47 Å². The summed E-state index contributed by atoms with van der Waals surface area (Å²) in [5, 5.41) is 7.70. The van der Waals surface area contributed by atoms with E-state index in [-0.39, 0.29) is 22.7 Å². The van der Waals surface area contributed by atoms with Crippen LogP contribution in [0.1, 0.15) is 101 Å². The van der Waals surface area contributed by atoms with Gasteiger partial charge in [0, 0.05) is 21.6 Å². The van der Waals surface area contributed by atoms with Crippen LogP contribution >= 0.6 is 0 Å². The van der Waals surface area contributed by atoms with Gasteiger partial charge < -0.3 is 19.3 Å². The van der Waals surface area contributed by atoms with Crippen molar-refractivity contribution < 1.29 is 9.47 Å². The van der Waals surface area contributed by atoms with Gasteiger partial charge in [-0.2, -0.15) is 0 Å². The van der Waals surface area contributed by atoms with Crippen LogP contribution in [0, 0.1) is 0 Å². The molecule has 14 rings (SSSR count). The highest BCUT2D eigenvalue weighted by Gasteiger charge is 2.41. The van der Waals surface area contributed by atoms with Crippen molar-refractivity contribution in [3.05, 3.63) is 191 Å². The normalized spacial score (nSPS) is 15.4. The number of rotatable bonds is 4. The molecule has 0 spiro atoms. The molecule has 0 saturated carbocycles. The van der Waals surface area contributed by atoms with Gasteiger partial charge in [0.1, 0.15) is 0 Å². The standard InChI is InChI=1S/C64H52N2O2/c1-35(2)41-29-37-25-28-52(66-50-22-14-16-24-56(50)68-58-32-44-40-18-10-12-20-46(40)64(7,8)48(44)34-54(58)66)62-42(36(3)4)30-38-26-27-51(61(41)59(38)60(37)62)65-49-21-13-15-23-55(49)67-57-31-43-39-17-9-11-19-45(39)63(5,6)47(43)33-53(57)65/h9-36H,1-8H3. The second kappa shape index (κ2) is 13.5. The van der Waals surface area contributed by atoms with Gasteiger partial charge in [-0.15, -0.1) is 0 Å². The number of para-hydroxylation sites is 4. The van der Waals surface area contributed by atoms with Crippen molar-refractivity contribution in [3.8, 4) is 45.3 Å². The lowest BCUT2D eigenvalue weighted by atomic mass is 9.81. The molecule has 4 nitrogen and oxygen atoms in total. The number of nitrogens with zero attached hydrogens (tertiary/aromatic N) is 2. The van der Waals surface area contributed by atoms with E-state index in [1.54, 1.807) is 0 Å². The van der Waals surface area contributed by atoms with Crippen LogP contribution in [0.25, 0.3) is 54.6 Å². The number of hydrogen-bond acceptors (Lipinski definition) is 4. The molecule has 0 radical (unpaired) electrons. The number of ether oxygens (including phenoxy) is 2. The first-order chi connectivity index (χ1) is 32.9. The van der Waals surface area contributed by atoms with Gasteiger partial charge in [-0.05, 0) is 150 Å². The van der Waals surface area contributed by atoms with Crippen LogP contribution in [0.3, 0.4) is 0 Å². The monoisotopic (exact) mass is 880 g/mol. The van der Waals surface area contributed by atoms with Crippen molar-refractivity contribution in [1.29, 1.82) is 0 Å². The van der Waals surface area contributed by atoms with Gasteiger partial charge in [0.25, 0.3) is 0 Å². The molecule has 0 fully saturated rings. The van der Waals surface area contributed by atoms with Crippen LogP contribution in [0.2, 0.25) is 0 Å². The largest absolute Gasteiger partial charge is 0.453 e. The van der Waals surface area contributed by atoms with Crippen molar-refractivity contribution in [2.75, 3.05) is 9.80 Å². The second-order valence-corrected chi connectivity index (χ2v) is 21.2. The molecule has 0 N–H and O–H groups in total. The molecule has 2 aliphatic heterocycles. The van der Waals surface area contributed by atoms with Crippen LogP contribution in [0.4, 0.5) is 34.1 Å². The Kier molecular flexibility index (Phi) is 7.88. The first kappa shape index (κ1) is 39.6. The van der Waals surface area contributed by atoms with Gasteiger partial charge in [-0.3, -0.25) is 0 Å². The third-order valence-corrected chi connectivity index (χ3v) is 16.1. The summed E-state index contributed by atoms with van der Waals surface area (Å²) in [4.78, 5) is 5.01. The van der Waals surface area contributed by atoms with E-state index in [0.717, 1.165) is 57.1 Å². The van der Waals surface area contributed by atoms with Crippen LogP contribution in [0.5, 0.6) is 23.0 Å². The third kappa shape index (κ3) is 5.10.